The molecule has 0 spiro atoms. The summed E-state index contributed by atoms with van der Waals surface area (Å²) < 4.78 is 21.2. The number of ether oxygens (including phenoxy) is 1. The molecule has 6 heteroatoms. The molecule has 2 heterocycles. The topological polar surface area (TPSA) is 20.6 Å². The Kier molecular flexibility index (Phi) is 6.86. The molecule has 1 aliphatic rings. The Bertz CT molecular complexity index is 919. The van der Waals surface area contributed by atoms with Crippen LogP contribution in [0.15, 0.2) is 53.6 Å². The van der Waals surface area contributed by atoms with Gasteiger partial charge in [0.25, 0.3) is 0 Å². The fraction of sp³-hybridized carbons (Fsp3) is 0.364. The van der Waals surface area contributed by atoms with Gasteiger partial charge in [0.15, 0.2) is 0 Å². The number of likely N-dealkylation sites (N-methyl/N-ethyl adjacent to an activating group) is 1. The number of halogens is 1. The number of hydrogen-bond acceptors (Lipinski definition) is 4. The number of hydrogen-bond donors (Lipinski definition) is 0. The Hall–Kier alpha value is -2.18. The van der Waals surface area contributed by atoms with E-state index in [1.807, 2.05) is 48.3 Å². The molecule has 2 aromatic carbocycles. The van der Waals surface area contributed by atoms with Crippen molar-refractivity contribution in [1.82, 2.24) is 8.87 Å². The first-order valence-corrected chi connectivity index (χ1v) is 10.5. The van der Waals surface area contributed by atoms with Crippen molar-refractivity contribution in [3.8, 4) is 5.75 Å². The molecule has 0 atom stereocenters. The van der Waals surface area contributed by atoms with Crippen LogP contribution in [0.1, 0.15) is 13.8 Å². The van der Waals surface area contributed by atoms with Crippen molar-refractivity contribution in [2.24, 2.45) is 0 Å². The number of rotatable bonds is 4. The molecule has 0 radical (unpaired) electrons. The molecule has 0 saturated carbocycles. The predicted octanol–water partition coefficient (Wildman–Crippen LogP) is 5.12. The number of fused-ring (bicyclic) bond motifs is 1. The van der Waals surface area contributed by atoms with Crippen LogP contribution in [0.2, 0.25) is 0 Å². The lowest BCUT2D eigenvalue weighted by atomic mass is 10.2. The third-order valence-electron chi connectivity index (χ3n) is 4.82. The number of anilines is 1. The van der Waals surface area contributed by atoms with Gasteiger partial charge >= 0.3 is 0 Å². The van der Waals surface area contributed by atoms with Gasteiger partial charge in [0, 0.05) is 42.7 Å². The Balaban J connectivity index is 0.00000109. The molecule has 1 fully saturated rings. The second-order valence-electron chi connectivity index (χ2n) is 6.56. The Labute approximate surface area is 171 Å². The van der Waals surface area contributed by atoms with Gasteiger partial charge in [-0.1, -0.05) is 13.8 Å². The van der Waals surface area contributed by atoms with Crippen molar-refractivity contribution < 1.29 is 9.13 Å². The highest BCUT2D eigenvalue weighted by molar-refractivity contribution is 7.98. The summed E-state index contributed by atoms with van der Waals surface area (Å²) in [5, 5.41) is 1.03. The molecular formula is C22H28FN3OS. The summed E-state index contributed by atoms with van der Waals surface area (Å²) in [5.41, 5.74) is 2.00. The first kappa shape index (κ1) is 20.6. The van der Waals surface area contributed by atoms with Gasteiger partial charge in [-0.05, 0) is 61.5 Å². The molecule has 0 bridgehead atoms. The molecule has 150 valence electrons. The summed E-state index contributed by atoms with van der Waals surface area (Å²) in [6.07, 6.45) is 1.98. The zero-order valence-corrected chi connectivity index (χ0v) is 17.8. The fourth-order valence-corrected chi connectivity index (χ4v) is 4.19. The number of methoxy groups -OCH3 is 1. The quantitative estimate of drug-likeness (QED) is 0.604. The molecule has 28 heavy (non-hydrogen) atoms. The van der Waals surface area contributed by atoms with Gasteiger partial charge in [-0.15, -0.1) is 0 Å². The van der Waals surface area contributed by atoms with Gasteiger partial charge < -0.3 is 14.5 Å². The lowest BCUT2D eigenvalue weighted by Gasteiger charge is -2.34. The van der Waals surface area contributed by atoms with E-state index in [0.717, 1.165) is 53.4 Å². The number of piperazine rings is 1. The Morgan fingerprint density at radius 2 is 1.71 bits per heavy atom. The number of benzene rings is 2. The summed E-state index contributed by atoms with van der Waals surface area (Å²) >= 11 is 1.59. The van der Waals surface area contributed by atoms with Crippen molar-refractivity contribution in [3.05, 3.63) is 54.5 Å². The molecule has 1 aromatic heterocycles. The van der Waals surface area contributed by atoms with Crippen LogP contribution in [0.4, 0.5) is 10.1 Å². The summed E-state index contributed by atoms with van der Waals surface area (Å²) in [6.45, 7) is 8.06. The highest BCUT2D eigenvalue weighted by atomic mass is 32.2. The summed E-state index contributed by atoms with van der Waals surface area (Å²) in [4.78, 5) is 5.81. The molecule has 4 rings (SSSR count). The number of aromatic nitrogens is 1. The predicted molar refractivity (Wildman–Crippen MR) is 117 cm³/mol. The van der Waals surface area contributed by atoms with E-state index in [4.69, 9.17) is 4.74 Å². The lowest BCUT2D eigenvalue weighted by molar-refractivity contribution is 0.311. The monoisotopic (exact) mass is 401 g/mol. The van der Waals surface area contributed by atoms with Crippen LogP contribution in [-0.4, -0.2) is 49.2 Å². The normalized spacial score (nSPS) is 14.7. The minimum absolute atomic E-state index is 0.217. The molecule has 1 saturated heterocycles. The summed E-state index contributed by atoms with van der Waals surface area (Å²) in [5.74, 6) is 0.674. The Morgan fingerprint density at radius 1 is 0.964 bits per heavy atom. The molecule has 4 nitrogen and oxygen atoms in total. The van der Waals surface area contributed by atoms with Crippen molar-refractivity contribution in [1.29, 1.82) is 0 Å². The fourth-order valence-electron chi connectivity index (χ4n) is 3.29. The van der Waals surface area contributed by atoms with Crippen LogP contribution in [0.3, 0.4) is 0 Å². The lowest BCUT2D eigenvalue weighted by Crippen LogP contribution is -2.44. The van der Waals surface area contributed by atoms with Crippen LogP contribution in [-0.2, 0) is 0 Å². The van der Waals surface area contributed by atoms with E-state index in [1.54, 1.807) is 25.1 Å². The Morgan fingerprint density at radius 3 is 2.43 bits per heavy atom. The van der Waals surface area contributed by atoms with Gasteiger partial charge in [0.1, 0.15) is 11.6 Å². The third-order valence-corrected chi connectivity index (χ3v) is 5.80. The van der Waals surface area contributed by atoms with E-state index in [-0.39, 0.29) is 5.82 Å². The largest absolute Gasteiger partial charge is 0.495 e. The van der Waals surface area contributed by atoms with Gasteiger partial charge in [-0.25, -0.2) is 4.39 Å². The summed E-state index contributed by atoms with van der Waals surface area (Å²) in [7, 11) is 3.86. The first-order chi connectivity index (χ1) is 13.6. The van der Waals surface area contributed by atoms with Crippen molar-refractivity contribution >= 4 is 28.5 Å². The van der Waals surface area contributed by atoms with E-state index >= 15 is 0 Å². The standard InChI is InChI=1S/C20H22FN3OS.C2H6/c1-22-9-11-23(12-10-22)19-14-17(5-6-20(19)25-2)26-24-8-7-15-3-4-16(21)13-18(15)24;1-2/h3-8,13-14H,9-12H2,1-2H3;1-2H3. The van der Waals surface area contributed by atoms with Gasteiger partial charge in [-0.2, -0.15) is 0 Å². The minimum atomic E-state index is -0.217. The van der Waals surface area contributed by atoms with E-state index in [2.05, 4.69) is 22.9 Å². The highest BCUT2D eigenvalue weighted by Crippen LogP contribution is 2.35. The van der Waals surface area contributed by atoms with Crippen molar-refractivity contribution in [2.75, 3.05) is 45.2 Å². The maximum absolute atomic E-state index is 13.6. The average molecular weight is 402 g/mol. The SMILES string of the molecule is CC.COc1ccc(Sn2ccc3ccc(F)cc32)cc1N1CCN(C)CC1. The molecule has 3 aromatic rings. The second-order valence-corrected chi connectivity index (χ2v) is 7.61. The third kappa shape index (κ3) is 4.45. The van der Waals surface area contributed by atoms with Crippen LogP contribution in [0.5, 0.6) is 5.75 Å². The van der Waals surface area contributed by atoms with E-state index in [0.29, 0.717) is 0 Å². The zero-order chi connectivity index (χ0) is 20.1. The second kappa shape index (κ2) is 9.34. The zero-order valence-electron chi connectivity index (χ0n) is 17.0. The molecule has 0 aliphatic carbocycles. The van der Waals surface area contributed by atoms with Crippen LogP contribution in [0.25, 0.3) is 10.9 Å². The summed E-state index contributed by atoms with van der Waals surface area (Å²) in [6, 6.07) is 13.1. The van der Waals surface area contributed by atoms with Crippen molar-refractivity contribution in [3.63, 3.8) is 0 Å². The molecule has 0 N–H and O–H groups in total. The number of nitrogens with zero attached hydrogens (tertiary/aromatic N) is 3. The first-order valence-electron chi connectivity index (χ1n) is 9.70. The van der Waals surface area contributed by atoms with Crippen LogP contribution >= 0.6 is 11.9 Å². The van der Waals surface area contributed by atoms with E-state index in [9.17, 15) is 4.39 Å². The van der Waals surface area contributed by atoms with Crippen LogP contribution < -0.4 is 9.64 Å². The smallest absolute Gasteiger partial charge is 0.142 e. The van der Waals surface area contributed by atoms with Crippen molar-refractivity contribution in [2.45, 2.75) is 18.7 Å². The van der Waals surface area contributed by atoms with Gasteiger partial charge in [0.05, 0.1) is 18.3 Å². The van der Waals surface area contributed by atoms with Crippen LogP contribution in [0, 0.1) is 5.82 Å². The van der Waals surface area contributed by atoms with Gasteiger partial charge in [-0.3, -0.25) is 3.97 Å². The highest BCUT2D eigenvalue weighted by Gasteiger charge is 2.18. The molecule has 0 unspecified atom stereocenters. The molecular weight excluding hydrogens is 373 g/mol. The molecule has 1 aliphatic heterocycles. The average Bonchev–Trinajstić information content (AvgIpc) is 3.12. The maximum Gasteiger partial charge on any atom is 0.142 e. The van der Waals surface area contributed by atoms with E-state index in [1.165, 1.54) is 6.07 Å². The van der Waals surface area contributed by atoms with E-state index < -0.39 is 0 Å². The maximum atomic E-state index is 13.6. The molecule has 0 amide bonds. The minimum Gasteiger partial charge on any atom is -0.495 e. The van der Waals surface area contributed by atoms with Gasteiger partial charge in [0.2, 0.25) is 0 Å².